The molecule has 5 nitrogen and oxygen atoms in total. The summed E-state index contributed by atoms with van der Waals surface area (Å²) in [6, 6.07) is 18.0. The zero-order chi connectivity index (χ0) is 23.9. The van der Waals surface area contributed by atoms with Gasteiger partial charge in [0.05, 0.1) is 23.6 Å². The number of rotatable bonds is 3. The predicted molar refractivity (Wildman–Crippen MR) is 129 cm³/mol. The van der Waals surface area contributed by atoms with E-state index in [2.05, 4.69) is 17.2 Å². The molecule has 174 valence electrons. The molecule has 7 heteroatoms. The quantitative estimate of drug-likeness (QED) is 0.559. The average molecular weight is 477 g/mol. The van der Waals surface area contributed by atoms with Crippen molar-refractivity contribution in [2.24, 2.45) is 5.92 Å². The Morgan fingerprint density at radius 1 is 1.06 bits per heavy atom. The van der Waals surface area contributed by atoms with E-state index in [1.54, 1.807) is 40.7 Å². The van der Waals surface area contributed by atoms with Crippen LogP contribution in [0.4, 0.5) is 10.1 Å². The Morgan fingerprint density at radius 3 is 2.50 bits per heavy atom. The first-order valence-electron chi connectivity index (χ1n) is 11.2. The minimum atomic E-state index is -3.73. The number of fused-ring (bicyclic) bond motifs is 3. The lowest BCUT2D eigenvalue weighted by molar-refractivity contribution is 0.210. The van der Waals surface area contributed by atoms with Crippen LogP contribution in [0.3, 0.4) is 0 Å². The molecule has 0 bridgehead atoms. The monoisotopic (exact) mass is 476 g/mol. The molecular formula is C27H25FN2O3S. The lowest BCUT2D eigenvalue weighted by Crippen LogP contribution is -2.42. The van der Waals surface area contributed by atoms with Gasteiger partial charge in [-0.2, -0.15) is 4.31 Å². The van der Waals surface area contributed by atoms with E-state index in [9.17, 15) is 17.9 Å². The topological polar surface area (TPSA) is 69.6 Å². The lowest BCUT2D eigenvalue weighted by atomic mass is 9.83. The van der Waals surface area contributed by atoms with E-state index in [1.165, 1.54) is 12.1 Å². The van der Waals surface area contributed by atoms with Crippen LogP contribution in [0.1, 0.15) is 34.7 Å². The van der Waals surface area contributed by atoms with Crippen molar-refractivity contribution in [3.05, 3.63) is 94.8 Å². The van der Waals surface area contributed by atoms with Crippen LogP contribution < -0.4 is 5.32 Å². The third-order valence-electron chi connectivity index (χ3n) is 6.63. The fourth-order valence-electron chi connectivity index (χ4n) is 4.92. The Balaban J connectivity index is 1.55. The molecule has 2 heterocycles. The van der Waals surface area contributed by atoms with Gasteiger partial charge in [0, 0.05) is 29.3 Å². The van der Waals surface area contributed by atoms with Gasteiger partial charge >= 0.3 is 0 Å². The molecule has 0 unspecified atom stereocenters. The molecule has 2 aliphatic heterocycles. The van der Waals surface area contributed by atoms with Crippen LogP contribution in [0.25, 0.3) is 0 Å². The first kappa shape index (κ1) is 22.6. The van der Waals surface area contributed by atoms with E-state index >= 15 is 0 Å². The molecule has 2 N–H and O–H groups in total. The number of hydrogen-bond donors (Lipinski definition) is 2. The maximum atomic E-state index is 13.6. The van der Waals surface area contributed by atoms with Crippen LogP contribution in [0.15, 0.2) is 71.6 Å². The van der Waals surface area contributed by atoms with Crippen LogP contribution in [-0.2, 0) is 10.0 Å². The highest BCUT2D eigenvalue weighted by molar-refractivity contribution is 7.89. The van der Waals surface area contributed by atoms with Gasteiger partial charge < -0.3 is 10.4 Å². The first-order chi connectivity index (χ1) is 16.4. The highest BCUT2D eigenvalue weighted by Gasteiger charge is 2.48. The summed E-state index contributed by atoms with van der Waals surface area (Å²) in [6.45, 7) is 2.21. The molecule has 0 radical (unpaired) electrons. The Kier molecular flexibility index (Phi) is 5.90. The molecule has 1 saturated heterocycles. The van der Waals surface area contributed by atoms with Crippen molar-refractivity contribution in [1.29, 1.82) is 0 Å². The molecule has 0 aromatic heterocycles. The fraction of sp³-hybridized carbons (Fsp3) is 0.259. The van der Waals surface area contributed by atoms with E-state index in [4.69, 9.17) is 0 Å². The molecular weight excluding hydrogens is 451 g/mol. The number of aliphatic hydroxyl groups excluding tert-OH is 1. The summed E-state index contributed by atoms with van der Waals surface area (Å²) in [7, 11) is -3.73. The van der Waals surface area contributed by atoms with Gasteiger partial charge in [-0.3, -0.25) is 0 Å². The van der Waals surface area contributed by atoms with Gasteiger partial charge in [0.1, 0.15) is 5.82 Å². The van der Waals surface area contributed by atoms with Gasteiger partial charge in [-0.15, -0.1) is 0 Å². The van der Waals surface area contributed by atoms with Crippen molar-refractivity contribution in [2.75, 3.05) is 18.5 Å². The average Bonchev–Trinajstić information content (AvgIpc) is 3.29. The number of hydrogen-bond acceptors (Lipinski definition) is 4. The van der Waals surface area contributed by atoms with Crippen molar-refractivity contribution >= 4 is 15.7 Å². The zero-order valence-corrected chi connectivity index (χ0v) is 19.5. The normalized spacial score (nSPS) is 21.7. The smallest absolute Gasteiger partial charge is 0.243 e. The third kappa shape index (κ3) is 4.09. The highest BCUT2D eigenvalue weighted by atomic mass is 32.2. The fourth-order valence-corrected chi connectivity index (χ4v) is 6.59. The van der Waals surface area contributed by atoms with Crippen LogP contribution in [0.5, 0.6) is 0 Å². The first-order valence-corrected chi connectivity index (χ1v) is 12.7. The van der Waals surface area contributed by atoms with Crippen LogP contribution in [0.2, 0.25) is 0 Å². The standard InChI is InChI=1S/C27H25FN2O3S/c1-18-5-10-22(11-6-18)34(32,33)30-14-13-23-26(17-31)29-25-12-9-20(16-24(25)27(23)30)8-7-19-3-2-4-21(28)15-19/h2-6,9-12,15-16,23,26-27,29,31H,13-14,17H2,1H3/t23-,26+,27-/m1/s1. The van der Waals surface area contributed by atoms with Crippen molar-refractivity contribution in [1.82, 2.24) is 4.31 Å². The van der Waals surface area contributed by atoms with E-state index in [-0.39, 0.29) is 29.3 Å². The maximum Gasteiger partial charge on any atom is 0.243 e. The number of aryl methyl sites for hydroxylation is 1. The summed E-state index contributed by atoms with van der Waals surface area (Å²) in [5.74, 6) is 5.64. The van der Waals surface area contributed by atoms with Gasteiger partial charge in [0.2, 0.25) is 10.0 Å². The van der Waals surface area contributed by atoms with E-state index in [1.807, 2.05) is 25.1 Å². The Hall–Kier alpha value is -3.18. The Morgan fingerprint density at radius 2 is 1.79 bits per heavy atom. The molecule has 0 saturated carbocycles. The molecule has 1 fully saturated rings. The minimum absolute atomic E-state index is 0.0656. The van der Waals surface area contributed by atoms with Crippen molar-refractivity contribution in [3.8, 4) is 11.8 Å². The number of nitrogens with zero attached hydrogens (tertiary/aromatic N) is 1. The molecule has 3 aromatic rings. The summed E-state index contributed by atoms with van der Waals surface area (Å²) < 4.78 is 42.3. The number of nitrogens with one attached hydrogen (secondary N) is 1. The minimum Gasteiger partial charge on any atom is -0.394 e. The largest absolute Gasteiger partial charge is 0.394 e. The summed E-state index contributed by atoms with van der Waals surface area (Å²) in [4.78, 5) is 0.265. The van der Waals surface area contributed by atoms with Crippen LogP contribution >= 0.6 is 0 Å². The van der Waals surface area contributed by atoms with Gasteiger partial charge in [-0.25, -0.2) is 12.8 Å². The van der Waals surface area contributed by atoms with Gasteiger partial charge in [-0.1, -0.05) is 35.6 Å². The number of aliphatic hydroxyl groups is 1. The van der Waals surface area contributed by atoms with Crippen LogP contribution in [0, 0.1) is 30.5 Å². The Labute approximate surface area is 199 Å². The second-order valence-corrected chi connectivity index (χ2v) is 10.7. The number of benzene rings is 3. The molecule has 0 amide bonds. The van der Waals surface area contributed by atoms with Gasteiger partial charge in [0.15, 0.2) is 0 Å². The van der Waals surface area contributed by atoms with E-state index < -0.39 is 16.1 Å². The summed E-state index contributed by atoms with van der Waals surface area (Å²) in [6.07, 6.45) is 0.645. The van der Waals surface area contributed by atoms with E-state index in [0.717, 1.165) is 16.8 Å². The molecule has 0 spiro atoms. The van der Waals surface area contributed by atoms with Crippen molar-refractivity contribution in [3.63, 3.8) is 0 Å². The lowest BCUT2D eigenvalue weighted by Gasteiger charge is -2.38. The zero-order valence-electron chi connectivity index (χ0n) is 18.7. The maximum absolute atomic E-state index is 13.6. The molecule has 2 aliphatic rings. The molecule has 0 aliphatic carbocycles. The number of sulfonamides is 1. The molecule has 5 rings (SSSR count). The second kappa shape index (κ2) is 8.88. The van der Waals surface area contributed by atoms with Gasteiger partial charge in [0.25, 0.3) is 0 Å². The summed E-state index contributed by atoms with van der Waals surface area (Å²) >= 11 is 0. The summed E-state index contributed by atoms with van der Waals surface area (Å²) in [5, 5.41) is 13.4. The highest BCUT2D eigenvalue weighted by Crippen LogP contribution is 2.48. The summed E-state index contributed by atoms with van der Waals surface area (Å²) in [5.41, 5.74) is 3.91. The van der Waals surface area contributed by atoms with Gasteiger partial charge in [-0.05, 0) is 67.4 Å². The van der Waals surface area contributed by atoms with Crippen molar-refractivity contribution in [2.45, 2.75) is 30.3 Å². The second-order valence-electron chi connectivity index (χ2n) is 8.82. The van der Waals surface area contributed by atoms with Crippen LogP contribution in [-0.4, -0.2) is 37.0 Å². The van der Waals surface area contributed by atoms with E-state index in [0.29, 0.717) is 24.1 Å². The Bertz CT molecular complexity index is 1390. The number of anilines is 1. The molecule has 3 atom stereocenters. The third-order valence-corrected chi connectivity index (χ3v) is 8.52. The SMILES string of the molecule is Cc1ccc(S(=O)(=O)N2CC[C@@H]3[C@H](CO)Nc4ccc(C#Cc5cccc(F)c5)cc4[C@@H]32)cc1. The molecule has 3 aromatic carbocycles. The van der Waals surface area contributed by atoms with Crippen molar-refractivity contribution < 1.29 is 17.9 Å². The number of halogens is 1. The predicted octanol–water partition coefficient (Wildman–Crippen LogP) is 4.07. The molecule has 34 heavy (non-hydrogen) atoms.